The van der Waals surface area contributed by atoms with E-state index in [9.17, 15) is 0 Å². The molecule has 0 amide bonds. The third-order valence-corrected chi connectivity index (χ3v) is 1.92. The quantitative estimate of drug-likeness (QED) is 0.426. The lowest BCUT2D eigenvalue weighted by Gasteiger charge is -2.03. The largest absolute Gasteiger partial charge is 0.409 e. The molecular formula is C9H18O2Si. The van der Waals surface area contributed by atoms with Crippen molar-refractivity contribution < 1.29 is 9.16 Å². The zero-order valence-corrected chi connectivity index (χ0v) is 9.06. The van der Waals surface area contributed by atoms with Crippen LogP contribution >= 0.6 is 0 Å². The average Bonchev–Trinajstić information content (AvgIpc) is 2.02. The molecule has 0 aromatic rings. The van der Waals surface area contributed by atoms with Crippen molar-refractivity contribution in [1.82, 2.24) is 0 Å². The first-order valence-electron chi connectivity index (χ1n) is 4.38. The van der Waals surface area contributed by atoms with E-state index in [1.54, 1.807) is 0 Å². The van der Waals surface area contributed by atoms with Gasteiger partial charge < -0.3 is 9.16 Å². The van der Waals surface area contributed by atoms with Crippen LogP contribution in [0.5, 0.6) is 0 Å². The van der Waals surface area contributed by atoms with Gasteiger partial charge in [0.05, 0.1) is 13.2 Å². The van der Waals surface area contributed by atoms with Crippen LogP contribution in [-0.2, 0) is 9.16 Å². The maximum Gasteiger partial charge on any atom is 0.263 e. The third-order valence-electron chi connectivity index (χ3n) is 1.22. The first-order valence-corrected chi connectivity index (χ1v) is 5.29. The summed E-state index contributed by atoms with van der Waals surface area (Å²) in [6.45, 7) is 10.1. The fourth-order valence-corrected chi connectivity index (χ4v) is 1.06. The van der Waals surface area contributed by atoms with E-state index in [0.29, 0.717) is 23.0 Å². The summed E-state index contributed by atoms with van der Waals surface area (Å²) in [5.41, 5.74) is 0. The second-order valence-electron chi connectivity index (χ2n) is 2.70. The SMILES string of the molecule is C=C(C)[Si]OCCOCCCC. The molecule has 12 heavy (non-hydrogen) atoms. The van der Waals surface area contributed by atoms with Crippen molar-refractivity contribution >= 4 is 9.76 Å². The van der Waals surface area contributed by atoms with Crippen LogP contribution in [0.25, 0.3) is 0 Å². The first kappa shape index (κ1) is 11.9. The van der Waals surface area contributed by atoms with E-state index in [4.69, 9.17) is 9.16 Å². The third kappa shape index (κ3) is 9.88. The van der Waals surface area contributed by atoms with E-state index in [1.165, 1.54) is 6.42 Å². The maximum atomic E-state index is 5.31. The molecule has 0 saturated carbocycles. The Balaban J connectivity index is 2.86. The Bertz CT molecular complexity index is 115. The minimum absolute atomic E-state index is 0.426. The van der Waals surface area contributed by atoms with Crippen molar-refractivity contribution in [2.24, 2.45) is 0 Å². The van der Waals surface area contributed by atoms with Crippen molar-refractivity contribution in [3.63, 3.8) is 0 Å². The summed E-state index contributed by atoms with van der Waals surface area (Å²) < 4.78 is 10.6. The van der Waals surface area contributed by atoms with Crippen LogP contribution in [0.15, 0.2) is 11.8 Å². The Hall–Kier alpha value is -0.123. The molecule has 2 nitrogen and oxygen atoms in total. The summed E-state index contributed by atoms with van der Waals surface area (Å²) in [7, 11) is 0.426. The summed E-state index contributed by atoms with van der Waals surface area (Å²) in [5.74, 6) is 0. The molecular weight excluding hydrogens is 168 g/mol. The van der Waals surface area contributed by atoms with Gasteiger partial charge in [0, 0.05) is 6.61 Å². The first-order chi connectivity index (χ1) is 5.77. The number of unbranched alkanes of at least 4 members (excludes halogenated alkanes) is 1. The Morgan fingerprint density at radius 3 is 2.67 bits per heavy atom. The topological polar surface area (TPSA) is 18.5 Å². The summed E-state index contributed by atoms with van der Waals surface area (Å²) in [5, 5.41) is 1.09. The Kier molecular flexibility index (Phi) is 8.88. The molecule has 0 aliphatic rings. The minimum atomic E-state index is 0.426. The van der Waals surface area contributed by atoms with Gasteiger partial charge in [-0.3, -0.25) is 0 Å². The standard InChI is InChI=1S/C9H18O2Si/c1-4-5-6-10-7-8-11-12-9(2)3/h2,4-8H2,1,3H3. The molecule has 0 atom stereocenters. The fraction of sp³-hybridized carbons (Fsp3) is 0.778. The Morgan fingerprint density at radius 1 is 1.33 bits per heavy atom. The molecule has 0 bridgehead atoms. The van der Waals surface area contributed by atoms with Crippen LogP contribution in [0.3, 0.4) is 0 Å². The van der Waals surface area contributed by atoms with Gasteiger partial charge in [-0.05, 0) is 13.3 Å². The zero-order valence-electron chi connectivity index (χ0n) is 8.06. The molecule has 3 heteroatoms. The van der Waals surface area contributed by atoms with E-state index >= 15 is 0 Å². The smallest absolute Gasteiger partial charge is 0.263 e. The fourth-order valence-electron chi connectivity index (χ4n) is 0.623. The molecule has 0 aliphatic carbocycles. The second kappa shape index (κ2) is 8.97. The van der Waals surface area contributed by atoms with E-state index in [1.807, 2.05) is 6.92 Å². The van der Waals surface area contributed by atoms with Crippen molar-refractivity contribution in [3.8, 4) is 0 Å². The number of allylic oxidation sites excluding steroid dienone is 1. The monoisotopic (exact) mass is 186 g/mol. The molecule has 0 heterocycles. The van der Waals surface area contributed by atoms with Gasteiger partial charge in [-0.15, -0.1) is 6.58 Å². The molecule has 0 aliphatic heterocycles. The van der Waals surface area contributed by atoms with Crippen LogP contribution in [0.2, 0.25) is 0 Å². The van der Waals surface area contributed by atoms with Gasteiger partial charge in [0.2, 0.25) is 0 Å². The van der Waals surface area contributed by atoms with Crippen molar-refractivity contribution in [2.75, 3.05) is 19.8 Å². The predicted octanol–water partition coefficient (Wildman–Crippen LogP) is 1.97. The van der Waals surface area contributed by atoms with Gasteiger partial charge in [0.25, 0.3) is 9.76 Å². The van der Waals surface area contributed by atoms with Crippen LogP contribution in [0.1, 0.15) is 26.7 Å². The van der Waals surface area contributed by atoms with Gasteiger partial charge in [0.1, 0.15) is 0 Å². The summed E-state index contributed by atoms with van der Waals surface area (Å²) in [4.78, 5) is 0. The highest BCUT2D eigenvalue weighted by molar-refractivity contribution is 6.37. The lowest BCUT2D eigenvalue weighted by Crippen LogP contribution is -2.08. The molecule has 0 rings (SSSR count). The number of hydrogen-bond acceptors (Lipinski definition) is 2. The summed E-state index contributed by atoms with van der Waals surface area (Å²) in [6, 6.07) is 0. The summed E-state index contributed by atoms with van der Waals surface area (Å²) >= 11 is 0. The van der Waals surface area contributed by atoms with Gasteiger partial charge in [0.15, 0.2) is 0 Å². The number of hydrogen-bond donors (Lipinski definition) is 0. The number of rotatable bonds is 8. The lowest BCUT2D eigenvalue weighted by atomic mass is 10.4. The zero-order chi connectivity index (χ0) is 9.23. The van der Waals surface area contributed by atoms with Crippen LogP contribution in [-0.4, -0.2) is 29.6 Å². The maximum absolute atomic E-state index is 5.31. The van der Waals surface area contributed by atoms with Crippen LogP contribution < -0.4 is 0 Å². The molecule has 0 unspecified atom stereocenters. The average molecular weight is 186 g/mol. The molecule has 70 valence electrons. The van der Waals surface area contributed by atoms with Gasteiger partial charge in [-0.1, -0.05) is 18.5 Å². The van der Waals surface area contributed by atoms with Crippen LogP contribution in [0, 0.1) is 0 Å². The molecule has 0 N–H and O–H groups in total. The Morgan fingerprint density at radius 2 is 2.08 bits per heavy atom. The normalized spacial score (nSPS) is 10.2. The molecule has 0 spiro atoms. The highest BCUT2D eigenvalue weighted by Gasteiger charge is 1.91. The van der Waals surface area contributed by atoms with E-state index < -0.39 is 0 Å². The number of ether oxygens (including phenoxy) is 1. The molecule has 0 fully saturated rings. The minimum Gasteiger partial charge on any atom is -0.409 e. The van der Waals surface area contributed by atoms with E-state index in [0.717, 1.165) is 18.2 Å². The molecule has 0 aromatic heterocycles. The van der Waals surface area contributed by atoms with Crippen molar-refractivity contribution in [2.45, 2.75) is 26.7 Å². The van der Waals surface area contributed by atoms with Crippen LogP contribution in [0.4, 0.5) is 0 Å². The highest BCUT2D eigenvalue weighted by atomic mass is 28.2. The van der Waals surface area contributed by atoms with Gasteiger partial charge in [-0.25, -0.2) is 0 Å². The molecule has 0 saturated heterocycles. The second-order valence-corrected chi connectivity index (χ2v) is 4.04. The highest BCUT2D eigenvalue weighted by Crippen LogP contribution is 1.88. The van der Waals surface area contributed by atoms with Crippen molar-refractivity contribution in [1.29, 1.82) is 0 Å². The predicted molar refractivity (Wildman–Crippen MR) is 52.2 cm³/mol. The van der Waals surface area contributed by atoms with Gasteiger partial charge in [-0.2, -0.15) is 0 Å². The van der Waals surface area contributed by atoms with Crippen molar-refractivity contribution in [3.05, 3.63) is 11.8 Å². The summed E-state index contributed by atoms with van der Waals surface area (Å²) in [6.07, 6.45) is 2.33. The molecule has 2 radical (unpaired) electrons. The lowest BCUT2D eigenvalue weighted by molar-refractivity contribution is 0.0999. The van der Waals surface area contributed by atoms with E-state index in [-0.39, 0.29) is 0 Å². The van der Waals surface area contributed by atoms with Gasteiger partial charge >= 0.3 is 0 Å². The Labute approximate surface area is 77.9 Å². The van der Waals surface area contributed by atoms with E-state index in [2.05, 4.69) is 13.5 Å². The molecule has 0 aromatic carbocycles.